The topological polar surface area (TPSA) is 108 Å². The number of amides is 4. The number of hydrogen-bond donors (Lipinski definition) is 1. The second-order valence-electron chi connectivity index (χ2n) is 13.5. The van der Waals surface area contributed by atoms with Gasteiger partial charge in [-0.1, -0.05) is 13.3 Å². The number of rotatable bonds is 7. The van der Waals surface area contributed by atoms with E-state index in [4.69, 9.17) is 9.47 Å². The van der Waals surface area contributed by atoms with Crippen LogP contribution in [0.5, 0.6) is 5.75 Å². The number of nitrogens with zero attached hydrogens (tertiary/aromatic N) is 3. The Balaban J connectivity index is 1.65. The van der Waals surface area contributed by atoms with Gasteiger partial charge in [0.1, 0.15) is 11.4 Å². The molecule has 1 saturated carbocycles. The van der Waals surface area contributed by atoms with Crippen molar-refractivity contribution in [3.63, 3.8) is 0 Å². The number of carbonyl (C=O) groups excluding carboxylic acids is 4. The lowest BCUT2D eigenvalue weighted by Crippen LogP contribution is -2.58. The van der Waals surface area contributed by atoms with Crippen molar-refractivity contribution in [2.45, 2.75) is 123 Å². The Hall–Kier alpha value is -3.30. The van der Waals surface area contributed by atoms with Crippen LogP contribution in [0.15, 0.2) is 12.1 Å². The molecule has 1 atom stereocenters. The van der Waals surface area contributed by atoms with Crippen molar-refractivity contribution >= 4 is 29.5 Å². The maximum atomic E-state index is 14.3. The lowest BCUT2D eigenvalue weighted by atomic mass is 9.82. The van der Waals surface area contributed by atoms with Crippen molar-refractivity contribution in [3.8, 4) is 5.75 Å². The summed E-state index contributed by atoms with van der Waals surface area (Å²) in [6.07, 6.45) is 5.76. The zero-order chi connectivity index (χ0) is 31.5. The maximum Gasteiger partial charge on any atom is 0.410 e. The second-order valence-corrected chi connectivity index (χ2v) is 13.5. The van der Waals surface area contributed by atoms with Gasteiger partial charge in [-0.15, -0.1) is 0 Å². The number of nitrogens with one attached hydrogen (secondary N) is 1. The number of benzene rings is 1. The molecule has 4 rings (SSSR count). The lowest BCUT2D eigenvalue weighted by Gasteiger charge is -2.45. The SMILES string of the molecule is CCC(=O)NCCN1C(=O)C2(CCCCC2)Oc2cc(C)c(C(=O)N(C(C)C)[C@@H]3CCCN(C(=O)OC(C)(C)C)C3)cc21. The number of fused-ring (bicyclic) bond motifs is 1. The summed E-state index contributed by atoms with van der Waals surface area (Å²) >= 11 is 0. The molecule has 0 aromatic heterocycles. The first kappa shape index (κ1) is 32.6. The molecule has 0 bridgehead atoms. The van der Waals surface area contributed by atoms with Crippen molar-refractivity contribution in [2.75, 3.05) is 31.1 Å². The number of aryl methyl sites for hydroxylation is 1. The fraction of sp³-hybridized carbons (Fsp3) is 0.697. The first-order valence-electron chi connectivity index (χ1n) is 16.0. The highest BCUT2D eigenvalue weighted by Crippen LogP contribution is 2.45. The molecule has 238 valence electrons. The number of likely N-dealkylation sites (tertiary alicyclic amines) is 1. The highest BCUT2D eigenvalue weighted by molar-refractivity contribution is 6.05. The van der Waals surface area contributed by atoms with Crippen molar-refractivity contribution in [1.29, 1.82) is 0 Å². The van der Waals surface area contributed by atoms with E-state index >= 15 is 0 Å². The van der Waals surface area contributed by atoms with E-state index < -0.39 is 11.2 Å². The van der Waals surface area contributed by atoms with Gasteiger partial charge in [-0.3, -0.25) is 14.4 Å². The van der Waals surface area contributed by atoms with E-state index in [1.807, 2.05) is 52.5 Å². The van der Waals surface area contributed by atoms with Gasteiger partial charge in [-0.05, 0) is 97.8 Å². The molecule has 1 aromatic rings. The summed E-state index contributed by atoms with van der Waals surface area (Å²) in [6, 6.07) is 3.38. The van der Waals surface area contributed by atoms with Crippen molar-refractivity contribution in [3.05, 3.63) is 23.3 Å². The van der Waals surface area contributed by atoms with Gasteiger partial charge in [0, 0.05) is 44.2 Å². The van der Waals surface area contributed by atoms with Gasteiger partial charge in [0.2, 0.25) is 5.91 Å². The van der Waals surface area contributed by atoms with Crippen LogP contribution in [0.25, 0.3) is 0 Å². The minimum absolute atomic E-state index is 0.0754. The van der Waals surface area contributed by atoms with Gasteiger partial charge < -0.3 is 29.5 Å². The molecule has 1 spiro atoms. The van der Waals surface area contributed by atoms with E-state index in [1.165, 1.54) is 0 Å². The first-order valence-corrected chi connectivity index (χ1v) is 16.0. The average Bonchev–Trinajstić information content (AvgIpc) is 2.94. The van der Waals surface area contributed by atoms with E-state index in [0.717, 1.165) is 37.7 Å². The van der Waals surface area contributed by atoms with Gasteiger partial charge in [-0.2, -0.15) is 0 Å². The summed E-state index contributed by atoms with van der Waals surface area (Å²) in [6.45, 7) is 14.8. The summed E-state index contributed by atoms with van der Waals surface area (Å²) < 4.78 is 12.1. The molecule has 0 radical (unpaired) electrons. The van der Waals surface area contributed by atoms with Crippen LogP contribution >= 0.6 is 0 Å². The average molecular weight is 599 g/mol. The zero-order valence-corrected chi connectivity index (χ0v) is 27.1. The van der Waals surface area contributed by atoms with Crippen molar-refractivity contribution < 1.29 is 28.7 Å². The molecule has 2 heterocycles. The second kappa shape index (κ2) is 13.1. The third-order valence-corrected chi connectivity index (χ3v) is 8.64. The largest absolute Gasteiger partial charge is 0.475 e. The summed E-state index contributed by atoms with van der Waals surface area (Å²) in [5, 5.41) is 2.88. The highest BCUT2D eigenvalue weighted by atomic mass is 16.6. The van der Waals surface area contributed by atoms with Crippen LogP contribution in [-0.2, 0) is 14.3 Å². The molecular weight excluding hydrogens is 548 g/mol. The quantitative estimate of drug-likeness (QED) is 0.462. The van der Waals surface area contributed by atoms with E-state index in [9.17, 15) is 19.2 Å². The van der Waals surface area contributed by atoms with E-state index in [-0.39, 0.29) is 35.9 Å². The third-order valence-electron chi connectivity index (χ3n) is 8.64. The minimum atomic E-state index is -0.908. The summed E-state index contributed by atoms with van der Waals surface area (Å²) in [5.41, 5.74) is 0.325. The van der Waals surface area contributed by atoms with Crippen LogP contribution in [0.2, 0.25) is 0 Å². The van der Waals surface area contributed by atoms with Gasteiger partial charge in [0.25, 0.3) is 11.8 Å². The normalized spacial score (nSPS) is 20.0. The number of anilines is 1. The molecule has 1 saturated heterocycles. The minimum Gasteiger partial charge on any atom is -0.475 e. The molecule has 2 fully saturated rings. The first-order chi connectivity index (χ1) is 20.3. The van der Waals surface area contributed by atoms with Crippen molar-refractivity contribution in [1.82, 2.24) is 15.1 Å². The van der Waals surface area contributed by atoms with Crippen molar-refractivity contribution in [2.24, 2.45) is 0 Å². The van der Waals surface area contributed by atoms with E-state index in [1.54, 1.807) is 22.8 Å². The number of piperidine rings is 1. The van der Waals surface area contributed by atoms with Gasteiger partial charge in [0.15, 0.2) is 5.60 Å². The molecule has 4 amide bonds. The van der Waals surface area contributed by atoms with E-state index in [0.29, 0.717) is 62.4 Å². The molecular formula is C33H50N4O6. The fourth-order valence-corrected chi connectivity index (χ4v) is 6.53. The predicted molar refractivity (Wildman–Crippen MR) is 165 cm³/mol. The zero-order valence-electron chi connectivity index (χ0n) is 27.1. The Morgan fingerprint density at radius 1 is 1.14 bits per heavy atom. The molecule has 0 unspecified atom stereocenters. The van der Waals surface area contributed by atoms with Gasteiger partial charge in [-0.25, -0.2) is 4.79 Å². The van der Waals surface area contributed by atoms with Crippen LogP contribution < -0.4 is 15.0 Å². The molecule has 1 N–H and O–H groups in total. The Labute approximate surface area is 256 Å². The molecule has 10 heteroatoms. The third kappa shape index (κ3) is 7.27. The Kier molecular flexibility index (Phi) is 9.96. The Morgan fingerprint density at radius 2 is 1.84 bits per heavy atom. The number of hydrogen-bond acceptors (Lipinski definition) is 6. The van der Waals surface area contributed by atoms with Crippen LogP contribution in [0.1, 0.15) is 109 Å². The van der Waals surface area contributed by atoms with Crippen LogP contribution in [0.3, 0.4) is 0 Å². The van der Waals surface area contributed by atoms with Crippen LogP contribution in [0.4, 0.5) is 10.5 Å². The summed E-state index contributed by atoms with van der Waals surface area (Å²) in [4.78, 5) is 58.4. The monoisotopic (exact) mass is 598 g/mol. The predicted octanol–water partition coefficient (Wildman–Crippen LogP) is 5.20. The van der Waals surface area contributed by atoms with Crippen LogP contribution in [0, 0.1) is 6.92 Å². The Morgan fingerprint density at radius 3 is 2.47 bits per heavy atom. The number of carbonyl (C=O) groups is 4. The smallest absolute Gasteiger partial charge is 0.410 e. The highest BCUT2D eigenvalue weighted by Gasteiger charge is 2.49. The lowest BCUT2D eigenvalue weighted by molar-refractivity contribution is -0.138. The molecule has 10 nitrogen and oxygen atoms in total. The standard InChI is InChI=1S/C33H50N4O6/c1-8-28(38)34-16-18-36-26-20-25(23(4)19-27(26)42-33(30(36)40)14-10-9-11-15-33)29(39)37(22(2)3)24-13-12-17-35(21-24)31(41)43-32(5,6)7/h19-20,22,24H,8-18,21H2,1-7H3,(H,34,38)/t24-/m1/s1. The number of ether oxygens (including phenoxy) is 2. The van der Waals surface area contributed by atoms with Crippen LogP contribution in [-0.4, -0.2) is 83.1 Å². The molecule has 2 aliphatic heterocycles. The molecule has 1 aromatic carbocycles. The summed E-state index contributed by atoms with van der Waals surface area (Å²) in [7, 11) is 0. The van der Waals surface area contributed by atoms with Gasteiger partial charge >= 0.3 is 6.09 Å². The fourth-order valence-electron chi connectivity index (χ4n) is 6.53. The van der Waals surface area contributed by atoms with Gasteiger partial charge in [0.05, 0.1) is 11.7 Å². The maximum absolute atomic E-state index is 14.3. The molecule has 3 aliphatic rings. The molecule has 43 heavy (non-hydrogen) atoms. The van der Waals surface area contributed by atoms with E-state index in [2.05, 4.69) is 5.32 Å². The Bertz CT molecular complexity index is 1220. The summed E-state index contributed by atoms with van der Waals surface area (Å²) in [5.74, 6) is 0.278. The molecule has 1 aliphatic carbocycles.